The second-order valence-electron chi connectivity index (χ2n) is 8.09. The first kappa shape index (κ1) is 24.3. The van der Waals surface area contributed by atoms with E-state index in [1.54, 1.807) is 58.2 Å². The predicted octanol–water partition coefficient (Wildman–Crippen LogP) is 4.76. The predicted molar refractivity (Wildman–Crippen MR) is 118 cm³/mol. The Bertz CT molecular complexity index is 938. The molecule has 0 saturated heterocycles. The zero-order chi connectivity index (χ0) is 23.2. The van der Waals surface area contributed by atoms with Crippen LogP contribution >= 0.6 is 11.6 Å². The second-order valence-corrected chi connectivity index (χ2v) is 8.49. The first-order valence-electron chi connectivity index (χ1n) is 9.75. The number of carbonyl (C=O) groups excluding carboxylic acids is 1. The third kappa shape index (κ3) is 7.68. The number of hydrogen-bond acceptors (Lipinski definition) is 5. The summed E-state index contributed by atoms with van der Waals surface area (Å²) in [5, 5.41) is 12.6. The Morgan fingerprint density at radius 2 is 1.87 bits per heavy atom. The Kier molecular flexibility index (Phi) is 8.16. The minimum atomic E-state index is -1.16. The van der Waals surface area contributed by atoms with E-state index >= 15 is 0 Å². The van der Waals surface area contributed by atoms with Gasteiger partial charge in [0.15, 0.2) is 0 Å². The van der Waals surface area contributed by atoms with Gasteiger partial charge >= 0.3 is 12.1 Å². The summed E-state index contributed by atoms with van der Waals surface area (Å²) in [4.78, 5) is 23.6. The van der Waals surface area contributed by atoms with Gasteiger partial charge < -0.3 is 24.6 Å². The van der Waals surface area contributed by atoms with Crippen molar-refractivity contribution in [2.75, 3.05) is 7.11 Å². The van der Waals surface area contributed by atoms with Gasteiger partial charge in [0.2, 0.25) is 0 Å². The molecule has 0 bridgehead atoms. The van der Waals surface area contributed by atoms with E-state index in [1.807, 2.05) is 13.0 Å². The summed E-state index contributed by atoms with van der Waals surface area (Å²) >= 11 is 6.05. The summed E-state index contributed by atoms with van der Waals surface area (Å²) in [5.41, 5.74) is 1.62. The highest BCUT2D eigenvalue weighted by Gasteiger charge is 2.24. The van der Waals surface area contributed by atoms with Gasteiger partial charge in [-0.1, -0.05) is 17.7 Å². The molecule has 1 atom stereocenters. The minimum Gasteiger partial charge on any atom is -0.496 e. The summed E-state index contributed by atoms with van der Waals surface area (Å²) in [7, 11) is 1.55. The number of carboxylic acids is 1. The molecule has 0 radical (unpaired) electrons. The number of alkyl carbamates (subject to hydrolysis) is 1. The first-order valence-corrected chi connectivity index (χ1v) is 10.1. The summed E-state index contributed by atoms with van der Waals surface area (Å²) in [5.74, 6) is 0.113. The Morgan fingerprint density at radius 3 is 2.45 bits per heavy atom. The van der Waals surface area contributed by atoms with Crippen LogP contribution in [0.1, 0.15) is 37.5 Å². The summed E-state index contributed by atoms with van der Waals surface area (Å²) < 4.78 is 16.4. The maximum absolute atomic E-state index is 12.0. The number of aryl methyl sites for hydroxylation is 1. The number of halogens is 1. The molecule has 0 heterocycles. The third-order valence-electron chi connectivity index (χ3n) is 4.30. The van der Waals surface area contributed by atoms with Gasteiger partial charge in [-0.3, -0.25) is 0 Å². The number of benzene rings is 2. The van der Waals surface area contributed by atoms with Crippen LogP contribution < -0.4 is 14.8 Å². The smallest absolute Gasteiger partial charge is 0.408 e. The molecule has 2 N–H and O–H groups in total. The van der Waals surface area contributed by atoms with Gasteiger partial charge in [-0.2, -0.15) is 0 Å². The molecule has 0 spiro atoms. The molecule has 31 heavy (non-hydrogen) atoms. The van der Waals surface area contributed by atoms with Crippen LogP contribution in [0.5, 0.6) is 11.5 Å². The van der Waals surface area contributed by atoms with E-state index in [1.165, 1.54) is 0 Å². The monoisotopic (exact) mass is 449 g/mol. The zero-order valence-electron chi connectivity index (χ0n) is 18.3. The maximum atomic E-state index is 12.0. The number of ether oxygens (including phenoxy) is 3. The standard InChI is InChI=1S/C23H28ClNO6/c1-14-10-17(7-8-18(14)24)30-13-16-11-15(6-9-20(16)29-5)12-19(21(26)27)25-22(28)31-23(2,3)4/h6-11,19H,12-13H2,1-5H3,(H,25,28)(H,26,27). The van der Waals surface area contributed by atoms with E-state index in [9.17, 15) is 14.7 Å². The molecular weight excluding hydrogens is 422 g/mol. The molecular formula is C23H28ClNO6. The van der Waals surface area contributed by atoms with Crippen molar-refractivity contribution in [3.63, 3.8) is 0 Å². The van der Waals surface area contributed by atoms with Crippen LogP contribution in [-0.2, 0) is 22.6 Å². The van der Waals surface area contributed by atoms with E-state index in [0.29, 0.717) is 22.1 Å². The second kappa shape index (κ2) is 10.4. The number of rotatable bonds is 8. The molecule has 2 aromatic carbocycles. The number of carboxylic acid groups (broad SMARTS) is 1. The van der Waals surface area contributed by atoms with E-state index in [0.717, 1.165) is 11.1 Å². The average molecular weight is 450 g/mol. The lowest BCUT2D eigenvalue weighted by Gasteiger charge is -2.22. The third-order valence-corrected chi connectivity index (χ3v) is 4.72. The van der Waals surface area contributed by atoms with Crippen molar-refractivity contribution in [1.29, 1.82) is 0 Å². The van der Waals surface area contributed by atoms with Gasteiger partial charge in [0, 0.05) is 17.0 Å². The molecule has 168 valence electrons. The molecule has 8 heteroatoms. The molecule has 0 aliphatic heterocycles. The van der Waals surface area contributed by atoms with Gasteiger partial charge in [0.05, 0.1) is 7.11 Å². The van der Waals surface area contributed by atoms with Crippen molar-refractivity contribution in [3.05, 3.63) is 58.1 Å². The summed E-state index contributed by atoms with van der Waals surface area (Å²) in [6, 6.07) is 9.53. The van der Waals surface area contributed by atoms with E-state index < -0.39 is 23.7 Å². The molecule has 2 rings (SSSR count). The Labute approximate surface area is 187 Å². The first-order chi connectivity index (χ1) is 14.5. The molecule has 1 unspecified atom stereocenters. The highest BCUT2D eigenvalue weighted by atomic mass is 35.5. The lowest BCUT2D eigenvalue weighted by atomic mass is 10.0. The number of amides is 1. The van der Waals surface area contributed by atoms with E-state index in [4.69, 9.17) is 25.8 Å². The van der Waals surface area contributed by atoms with Crippen LogP contribution in [0.3, 0.4) is 0 Å². The van der Waals surface area contributed by atoms with E-state index in [-0.39, 0.29) is 13.0 Å². The Hall–Kier alpha value is -2.93. The van der Waals surface area contributed by atoms with Gasteiger partial charge in [-0.15, -0.1) is 0 Å². The Morgan fingerprint density at radius 1 is 1.16 bits per heavy atom. The van der Waals surface area contributed by atoms with Gasteiger partial charge in [0.25, 0.3) is 0 Å². The van der Waals surface area contributed by atoms with Crippen LogP contribution in [0.25, 0.3) is 0 Å². The van der Waals surface area contributed by atoms with Gasteiger partial charge in [-0.05, 0) is 69.2 Å². The van der Waals surface area contributed by atoms with Gasteiger partial charge in [-0.25, -0.2) is 9.59 Å². The van der Waals surface area contributed by atoms with Crippen LogP contribution in [-0.4, -0.2) is 35.9 Å². The Balaban J connectivity index is 2.14. The van der Waals surface area contributed by atoms with Crippen molar-refractivity contribution in [2.45, 2.75) is 52.4 Å². The number of aliphatic carboxylic acids is 1. The van der Waals surface area contributed by atoms with Crippen LogP contribution in [0.15, 0.2) is 36.4 Å². The molecule has 0 aromatic heterocycles. The lowest BCUT2D eigenvalue weighted by molar-refractivity contribution is -0.139. The van der Waals surface area contributed by atoms with Crippen molar-refractivity contribution in [2.24, 2.45) is 0 Å². The van der Waals surface area contributed by atoms with Crippen molar-refractivity contribution in [1.82, 2.24) is 5.32 Å². The minimum absolute atomic E-state index is 0.0750. The van der Waals surface area contributed by atoms with Crippen molar-refractivity contribution < 1.29 is 28.9 Å². The van der Waals surface area contributed by atoms with Crippen LogP contribution in [0.2, 0.25) is 5.02 Å². The molecule has 7 nitrogen and oxygen atoms in total. The molecule has 0 aliphatic carbocycles. The molecule has 0 fully saturated rings. The normalized spacial score (nSPS) is 12.1. The van der Waals surface area contributed by atoms with E-state index in [2.05, 4.69) is 5.32 Å². The number of nitrogens with one attached hydrogen (secondary N) is 1. The largest absolute Gasteiger partial charge is 0.496 e. The fourth-order valence-electron chi connectivity index (χ4n) is 2.83. The number of carbonyl (C=O) groups is 2. The fourth-order valence-corrected chi connectivity index (χ4v) is 2.94. The quantitative estimate of drug-likeness (QED) is 0.603. The summed E-state index contributed by atoms with van der Waals surface area (Å²) in [6.07, 6.45) is -0.707. The average Bonchev–Trinajstić information content (AvgIpc) is 2.67. The van der Waals surface area contributed by atoms with Crippen LogP contribution in [0.4, 0.5) is 4.79 Å². The maximum Gasteiger partial charge on any atom is 0.408 e. The zero-order valence-corrected chi connectivity index (χ0v) is 19.1. The highest BCUT2D eigenvalue weighted by Crippen LogP contribution is 2.25. The van der Waals surface area contributed by atoms with Crippen molar-refractivity contribution in [3.8, 4) is 11.5 Å². The molecule has 0 saturated carbocycles. The lowest BCUT2D eigenvalue weighted by Crippen LogP contribution is -2.44. The fraction of sp³-hybridized carbons (Fsp3) is 0.391. The number of hydrogen-bond donors (Lipinski definition) is 2. The summed E-state index contributed by atoms with van der Waals surface area (Å²) in [6.45, 7) is 7.23. The molecule has 2 aromatic rings. The SMILES string of the molecule is COc1ccc(CC(NC(=O)OC(C)(C)C)C(=O)O)cc1COc1ccc(Cl)c(C)c1. The molecule has 0 aliphatic rings. The van der Waals surface area contributed by atoms with Crippen LogP contribution in [0, 0.1) is 6.92 Å². The highest BCUT2D eigenvalue weighted by molar-refractivity contribution is 6.31. The molecule has 1 amide bonds. The van der Waals surface area contributed by atoms with Crippen molar-refractivity contribution >= 4 is 23.7 Å². The van der Waals surface area contributed by atoms with Gasteiger partial charge in [0.1, 0.15) is 29.7 Å². The topological polar surface area (TPSA) is 94.1 Å². The number of methoxy groups -OCH3 is 1.